The minimum absolute atomic E-state index is 0.0119. The molecule has 1 saturated heterocycles. The van der Waals surface area contributed by atoms with E-state index in [1.807, 2.05) is 18.2 Å². The molecule has 2 heterocycles. The van der Waals surface area contributed by atoms with Crippen molar-refractivity contribution in [2.75, 3.05) is 12.3 Å². The van der Waals surface area contributed by atoms with Crippen LogP contribution in [0.4, 0.5) is 5.82 Å². The van der Waals surface area contributed by atoms with Crippen molar-refractivity contribution in [3.8, 4) is 0 Å². The molecule has 0 spiro atoms. The van der Waals surface area contributed by atoms with Gasteiger partial charge in [0, 0.05) is 16.8 Å². The normalized spacial score (nSPS) is 25.0. The molecule has 0 aliphatic carbocycles. The molecule has 0 bridgehead atoms. The van der Waals surface area contributed by atoms with Gasteiger partial charge < -0.3 is 30.5 Å². The fraction of sp³-hybridized carbons (Fsp3) is 0.412. The zero-order chi connectivity index (χ0) is 19.6. The Morgan fingerprint density at radius 1 is 1.22 bits per heavy atom. The number of rotatable bonds is 6. The summed E-state index contributed by atoms with van der Waals surface area (Å²) in [7, 11) is 0. The molecule has 0 radical (unpaired) electrons. The van der Waals surface area contributed by atoms with E-state index in [2.05, 4.69) is 4.98 Å². The van der Waals surface area contributed by atoms with E-state index < -0.39 is 36.8 Å². The number of hydrogen-bond donors (Lipinski definition) is 4. The molecule has 1 aromatic heterocycles. The van der Waals surface area contributed by atoms with Crippen molar-refractivity contribution < 1.29 is 24.8 Å². The van der Waals surface area contributed by atoms with E-state index in [0.29, 0.717) is 10.6 Å². The molecule has 4 atom stereocenters. The molecule has 146 valence electrons. The third kappa shape index (κ3) is 4.13. The summed E-state index contributed by atoms with van der Waals surface area (Å²) in [6.45, 7) is -0.231. The maximum Gasteiger partial charge on any atom is 0.351 e. The van der Waals surface area contributed by atoms with E-state index in [-0.39, 0.29) is 19.0 Å². The molecule has 1 aliphatic heterocycles. The van der Waals surface area contributed by atoms with Gasteiger partial charge >= 0.3 is 5.69 Å². The SMILES string of the molecule is Nc1nc(=O)n([C@@H]2O[C@H](CO)[C@@H](O)[C@H]2O)cc1COCc1ccccc1Cl. The Labute approximate surface area is 159 Å². The van der Waals surface area contributed by atoms with E-state index in [1.165, 1.54) is 6.20 Å². The van der Waals surface area contributed by atoms with Gasteiger partial charge in [-0.1, -0.05) is 29.8 Å². The van der Waals surface area contributed by atoms with Crippen LogP contribution in [0.1, 0.15) is 17.4 Å². The summed E-state index contributed by atoms with van der Waals surface area (Å²) in [4.78, 5) is 15.9. The molecule has 1 fully saturated rings. The van der Waals surface area contributed by atoms with Crippen LogP contribution in [0, 0.1) is 0 Å². The van der Waals surface area contributed by atoms with Crippen LogP contribution in [0.3, 0.4) is 0 Å². The molecule has 5 N–H and O–H groups in total. The first kappa shape index (κ1) is 19.7. The molecular weight excluding hydrogens is 378 g/mol. The smallest absolute Gasteiger partial charge is 0.351 e. The number of halogens is 1. The lowest BCUT2D eigenvalue weighted by atomic mass is 10.1. The molecule has 0 saturated carbocycles. The second-order valence-corrected chi connectivity index (χ2v) is 6.56. The topological polar surface area (TPSA) is 140 Å². The average Bonchev–Trinajstić information content (AvgIpc) is 2.93. The highest BCUT2D eigenvalue weighted by Gasteiger charge is 2.43. The van der Waals surface area contributed by atoms with Gasteiger partial charge in [-0.15, -0.1) is 0 Å². The van der Waals surface area contributed by atoms with E-state index in [1.54, 1.807) is 6.07 Å². The summed E-state index contributed by atoms with van der Waals surface area (Å²) in [5.74, 6) is -0.0119. The van der Waals surface area contributed by atoms with Crippen molar-refractivity contribution in [1.82, 2.24) is 9.55 Å². The second kappa shape index (κ2) is 8.34. The number of nitrogen functional groups attached to an aromatic ring is 1. The first-order valence-electron chi connectivity index (χ1n) is 8.23. The molecule has 0 amide bonds. The van der Waals surface area contributed by atoms with Gasteiger partial charge in [-0.05, 0) is 11.6 Å². The van der Waals surface area contributed by atoms with Crippen molar-refractivity contribution in [2.24, 2.45) is 0 Å². The fourth-order valence-corrected chi connectivity index (χ4v) is 3.00. The number of ether oxygens (including phenoxy) is 2. The predicted molar refractivity (Wildman–Crippen MR) is 95.9 cm³/mol. The third-order valence-corrected chi connectivity index (χ3v) is 4.69. The molecule has 2 aromatic rings. The number of aliphatic hydroxyl groups is 3. The minimum Gasteiger partial charge on any atom is -0.394 e. The second-order valence-electron chi connectivity index (χ2n) is 6.15. The zero-order valence-corrected chi connectivity index (χ0v) is 15.0. The van der Waals surface area contributed by atoms with E-state index >= 15 is 0 Å². The van der Waals surface area contributed by atoms with Crippen LogP contribution in [-0.2, 0) is 22.7 Å². The Balaban J connectivity index is 1.76. The molecule has 1 aliphatic rings. The number of nitrogens with two attached hydrogens (primary N) is 1. The maximum atomic E-state index is 12.1. The number of aromatic nitrogens is 2. The highest BCUT2D eigenvalue weighted by atomic mass is 35.5. The van der Waals surface area contributed by atoms with Gasteiger partial charge in [-0.25, -0.2) is 4.79 Å². The Bertz CT molecular complexity index is 861. The van der Waals surface area contributed by atoms with Crippen LogP contribution >= 0.6 is 11.6 Å². The lowest BCUT2D eigenvalue weighted by Crippen LogP contribution is -2.36. The average molecular weight is 398 g/mol. The maximum absolute atomic E-state index is 12.1. The van der Waals surface area contributed by atoms with Crippen LogP contribution in [0.25, 0.3) is 0 Å². The van der Waals surface area contributed by atoms with Crippen LogP contribution in [-0.4, -0.2) is 49.8 Å². The number of anilines is 1. The Morgan fingerprint density at radius 2 is 1.93 bits per heavy atom. The monoisotopic (exact) mass is 397 g/mol. The highest BCUT2D eigenvalue weighted by Crippen LogP contribution is 2.28. The predicted octanol–water partition coefficient (Wildman–Crippen LogP) is -0.193. The summed E-state index contributed by atoms with van der Waals surface area (Å²) >= 11 is 6.08. The van der Waals surface area contributed by atoms with Gasteiger partial charge in [-0.3, -0.25) is 4.57 Å². The third-order valence-electron chi connectivity index (χ3n) is 4.33. The van der Waals surface area contributed by atoms with Crippen molar-refractivity contribution in [1.29, 1.82) is 0 Å². The summed E-state index contributed by atoms with van der Waals surface area (Å²) < 4.78 is 12.0. The first-order valence-corrected chi connectivity index (χ1v) is 8.61. The Kier molecular flexibility index (Phi) is 6.10. The number of hydrogen-bond acceptors (Lipinski definition) is 8. The molecule has 10 heteroatoms. The quantitative estimate of drug-likeness (QED) is 0.525. The van der Waals surface area contributed by atoms with E-state index in [9.17, 15) is 20.1 Å². The lowest BCUT2D eigenvalue weighted by Gasteiger charge is -2.18. The summed E-state index contributed by atoms with van der Waals surface area (Å²) in [6, 6.07) is 7.22. The van der Waals surface area contributed by atoms with Crippen LogP contribution in [0.15, 0.2) is 35.3 Å². The zero-order valence-electron chi connectivity index (χ0n) is 14.2. The van der Waals surface area contributed by atoms with Gasteiger partial charge in [-0.2, -0.15) is 4.98 Å². The van der Waals surface area contributed by atoms with Crippen LogP contribution < -0.4 is 11.4 Å². The van der Waals surface area contributed by atoms with Crippen molar-refractivity contribution in [2.45, 2.75) is 37.8 Å². The molecule has 27 heavy (non-hydrogen) atoms. The van der Waals surface area contributed by atoms with Crippen molar-refractivity contribution in [3.63, 3.8) is 0 Å². The number of benzene rings is 1. The largest absolute Gasteiger partial charge is 0.394 e. The van der Waals surface area contributed by atoms with Crippen LogP contribution in [0.2, 0.25) is 5.02 Å². The summed E-state index contributed by atoms with van der Waals surface area (Å²) in [5.41, 5.74) is 6.23. The van der Waals surface area contributed by atoms with Gasteiger partial charge in [0.2, 0.25) is 0 Å². The van der Waals surface area contributed by atoms with Gasteiger partial charge in [0.05, 0.1) is 19.8 Å². The number of aliphatic hydroxyl groups excluding tert-OH is 3. The fourth-order valence-electron chi connectivity index (χ4n) is 2.81. The molecule has 1 aromatic carbocycles. The summed E-state index contributed by atoms with van der Waals surface area (Å²) in [5, 5.41) is 29.7. The molecular formula is C17H20ClN3O6. The van der Waals surface area contributed by atoms with Crippen molar-refractivity contribution in [3.05, 3.63) is 57.1 Å². The summed E-state index contributed by atoms with van der Waals surface area (Å²) in [6.07, 6.45) is -3.57. The van der Waals surface area contributed by atoms with Gasteiger partial charge in [0.25, 0.3) is 0 Å². The van der Waals surface area contributed by atoms with Crippen molar-refractivity contribution >= 4 is 17.4 Å². The Hall–Kier alpha value is -2.01. The van der Waals surface area contributed by atoms with Gasteiger partial charge in [0.1, 0.15) is 24.1 Å². The van der Waals surface area contributed by atoms with Crippen LogP contribution in [0.5, 0.6) is 0 Å². The Morgan fingerprint density at radius 3 is 2.59 bits per heavy atom. The molecule has 9 nitrogen and oxygen atoms in total. The lowest BCUT2D eigenvalue weighted by molar-refractivity contribution is -0.0552. The first-order chi connectivity index (χ1) is 12.9. The highest BCUT2D eigenvalue weighted by molar-refractivity contribution is 6.31. The van der Waals surface area contributed by atoms with E-state index in [4.69, 9.17) is 26.8 Å². The molecule has 0 unspecified atom stereocenters. The van der Waals surface area contributed by atoms with E-state index in [0.717, 1.165) is 10.1 Å². The molecule has 3 rings (SSSR count). The minimum atomic E-state index is -1.40. The van der Waals surface area contributed by atoms with Gasteiger partial charge in [0.15, 0.2) is 6.23 Å². The standard InChI is InChI=1S/C17H20ClN3O6/c18-11-4-2-1-3-9(11)7-26-8-10-5-21(17(25)20-15(10)19)16-14(24)13(23)12(6-22)27-16/h1-5,12-14,16,22-24H,6-8H2,(H2,19,20,25)/t12-,13-,14-,16-/m1/s1. The number of nitrogens with zero attached hydrogens (tertiary/aromatic N) is 2.